The van der Waals surface area contributed by atoms with E-state index in [2.05, 4.69) is 63.5 Å². The van der Waals surface area contributed by atoms with Crippen LogP contribution in [0.5, 0.6) is 0 Å². The van der Waals surface area contributed by atoms with Gasteiger partial charge in [0.15, 0.2) is 5.96 Å². The highest BCUT2D eigenvalue weighted by Crippen LogP contribution is 2.16. The molecule has 32 nitrogen and oxygen atoms in total. The van der Waals surface area contributed by atoms with Gasteiger partial charge in [0.2, 0.25) is 76.8 Å². The van der Waals surface area contributed by atoms with Gasteiger partial charge in [-0.3, -0.25) is 67.3 Å². The Balaban J connectivity index is 2.36. The maximum absolute atomic E-state index is 14.4. The van der Waals surface area contributed by atoms with Crippen molar-refractivity contribution in [2.75, 3.05) is 26.3 Å². The van der Waals surface area contributed by atoms with Crippen LogP contribution in [0.3, 0.4) is 0 Å². The first kappa shape index (κ1) is 77.6. The molecular formula is C58H97N17O15. The molecular weight excluding hydrogens is 1170 g/mol. The number of amides is 13. The maximum Gasteiger partial charge on any atom is 0.245 e. The first-order valence-electron chi connectivity index (χ1n) is 30.5. The van der Waals surface area contributed by atoms with Crippen LogP contribution in [-0.4, -0.2) is 186 Å². The molecule has 1 fully saturated rings. The van der Waals surface area contributed by atoms with E-state index in [1.165, 1.54) is 6.92 Å². The number of hydrogen-bond donors (Lipinski definition) is 18. The fraction of sp³-hybridized carbons (Fsp3) is 0.655. The number of aliphatic hydroxyl groups is 2. The van der Waals surface area contributed by atoms with Crippen molar-refractivity contribution in [3.05, 3.63) is 35.9 Å². The first-order valence-corrected chi connectivity index (χ1v) is 30.5. The predicted octanol–water partition coefficient (Wildman–Crippen LogP) is -5.57. The SMILES string of the molecule is CC[C@H](C)[C@H](NC(=O)[C@H](CCC(N)=O)NC(=O)[C@H](CO)NC(=O)[C@@H](NC(=O)[C@@H](N)Cc1ccccc1)[C@@H](C)CC)C(=O)N[C@H](C(=O)N[C@@H](CO)C(=O)N[C@H]1CCCCNC(=O)CC[C@@H](C(N)=O)NC(=O)[C@H](CCCN=C(N)N)NC(=O)[C@H](C)NC1=O)[C@@H](C)CC. The van der Waals surface area contributed by atoms with Gasteiger partial charge < -0.3 is 97.4 Å². The summed E-state index contributed by atoms with van der Waals surface area (Å²) in [4.78, 5) is 180. The van der Waals surface area contributed by atoms with E-state index in [1.54, 1.807) is 71.9 Å². The van der Waals surface area contributed by atoms with Gasteiger partial charge in [0, 0.05) is 25.9 Å². The van der Waals surface area contributed by atoms with Gasteiger partial charge in [0.05, 0.1) is 19.3 Å². The Morgan fingerprint density at radius 1 is 0.622 bits per heavy atom. The highest BCUT2D eigenvalue weighted by Gasteiger charge is 2.38. The van der Waals surface area contributed by atoms with E-state index in [9.17, 15) is 72.5 Å². The van der Waals surface area contributed by atoms with E-state index in [0.29, 0.717) is 6.42 Å². The number of nitrogens with zero attached hydrogens (tertiary/aromatic N) is 1. The van der Waals surface area contributed by atoms with Gasteiger partial charge >= 0.3 is 0 Å². The second kappa shape index (κ2) is 40.2. The lowest BCUT2D eigenvalue weighted by molar-refractivity contribution is -0.137. The van der Waals surface area contributed by atoms with Gasteiger partial charge in [-0.15, -0.1) is 0 Å². The number of primary amides is 2. The molecule has 1 aliphatic heterocycles. The highest BCUT2D eigenvalue weighted by molar-refractivity contribution is 5.99. The van der Waals surface area contributed by atoms with Crippen LogP contribution < -0.4 is 87.2 Å². The molecule has 32 heteroatoms. The molecule has 0 bridgehead atoms. The maximum atomic E-state index is 14.4. The van der Waals surface area contributed by atoms with Crippen LogP contribution in [0.15, 0.2) is 35.3 Å². The van der Waals surface area contributed by atoms with E-state index in [4.69, 9.17) is 28.7 Å². The molecule has 2 rings (SSSR count). The summed E-state index contributed by atoms with van der Waals surface area (Å²) in [7, 11) is 0. The number of aliphatic hydroxyl groups excluding tert-OH is 2. The molecule has 1 saturated heterocycles. The number of carbonyl (C=O) groups excluding carboxylic acids is 13. The number of guanidine groups is 1. The van der Waals surface area contributed by atoms with Gasteiger partial charge in [-0.2, -0.15) is 0 Å². The number of carbonyl (C=O) groups is 13. The van der Waals surface area contributed by atoms with Crippen LogP contribution in [0.1, 0.15) is 131 Å². The number of rotatable bonds is 32. The molecule has 1 aromatic carbocycles. The van der Waals surface area contributed by atoms with Crippen LogP contribution in [-0.2, 0) is 68.7 Å². The Hall–Kier alpha value is -8.52. The quantitative estimate of drug-likeness (QED) is 0.0182. The van der Waals surface area contributed by atoms with Crippen LogP contribution in [0.2, 0.25) is 0 Å². The molecule has 1 aromatic rings. The molecule has 90 heavy (non-hydrogen) atoms. The normalized spacial score (nSPS) is 20.2. The van der Waals surface area contributed by atoms with Gasteiger partial charge in [-0.05, 0) is 81.6 Å². The molecule has 0 saturated carbocycles. The van der Waals surface area contributed by atoms with Crippen molar-refractivity contribution < 1.29 is 72.5 Å². The van der Waals surface area contributed by atoms with E-state index in [1.807, 2.05) is 0 Å². The minimum atomic E-state index is -1.75. The second-order valence-corrected chi connectivity index (χ2v) is 22.6. The van der Waals surface area contributed by atoms with Crippen molar-refractivity contribution in [2.24, 2.45) is 51.4 Å². The van der Waals surface area contributed by atoms with Crippen molar-refractivity contribution in [1.29, 1.82) is 0 Å². The molecule has 1 aliphatic rings. The summed E-state index contributed by atoms with van der Waals surface area (Å²) in [6, 6.07) is -6.63. The number of aliphatic imine (C=N–C) groups is 1. The van der Waals surface area contributed by atoms with E-state index >= 15 is 0 Å². The summed E-state index contributed by atoms with van der Waals surface area (Å²) in [5, 5.41) is 48.7. The van der Waals surface area contributed by atoms with Crippen molar-refractivity contribution in [2.45, 2.75) is 198 Å². The van der Waals surface area contributed by atoms with Crippen LogP contribution in [0, 0.1) is 17.8 Å². The summed E-state index contributed by atoms with van der Waals surface area (Å²) in [5.74, 6) is -13.5. The monoisotopic (exact) mass is 1270 g/mol. The Labute approximate surface area is 524 Å². The second-order valence-electron chi connectivity index (χ2n) is 22.6. The minimum absolute atomic E-state index is 0.0533. The van der Waals surface area contributed by atoms with Gasteiger partial charge in [0.1, 0.15) is 60.4 Å². The van der Waals surface area contributed by atoms with E-state index in [-0.39, 0.29) is 83.3 Å². The van der Waals surface area contributed by atoms with Crippen molar-refractivity contribution in [3.8, 4) is 0 Å². The summed E-state index contributed by atoms with van der Waals surface area (Å²) >= 11 is 0. The molecule has 23 N–H and O–H groups in total. The summed E-state index contributed by atoms with van der Waals surface area (Å²) < 4.78 is 0. The Morgan fingerprint density at radius 2 is 1.13 bits per heavy atom. The molecule has 0 radical (unpaired) electrons. The zero-order valence-electron chi connectivity index (χ0n) is 52.5. The summed E-state index contributed by atoms with van der Waals surface area (Å²) in [5.41, 5.74) is 28.8. The van der Waals surface area contributed by atoms with Crippen LogP contribution in [0.25, 0.3) is 0 Å². The molecule has 0 aromatic heterocycles. The molecule has 0 spiro atoms. The van der Waals surface area contributed by atoms with Gasteiger partial charge in [-0.1, -0.05) is 91.1 Å². The number of nitrogens with two attached hydrogens (primary N) is 5. The molecule has 13 amide bonds. The van der Waals surface area contributed by atoms with Crippen molar-refractivity contribution in [1.82, 2.24) is 58.5 Å². The standard InChI is InChI=1S/C58H97N17O15/c1-8-30(4)44(73-49(82)35(59)27-34-17-12-11-13-18-34)55(88)71-41(29-77)54(87)70-39(21-23-42(60)78)52(85)74-46(32(6)10-3)57(90)75-45(31(5)9-2)56(89)72-40(28-76)53(86)69-37-19-14-15-25-64-43(79)24-22-36(47(61)80)67-51(84)38(20-16-26-65-58(62)63)68-48(81)33(7)66-50(37)83/h11-13,17-18,30-33,35-41,44-46,76-77H,8-10,14-16,19-29,59H2,1-7H3,(H2,60,78)(H2,61,80)(H,64,79)(H,66,83)(H,67,84)(H,68,81)(H,69,86)(H,70,87)(H,71,88)(H,72,89)(H,73,82)(H,74,85)(H,75,90)(H4,62,63,65)/t30-,31-,32-,33-,35-,36-,37-,38-,39-,40-,41-,44-,45-,46-/m0/s1. The third-order valence-electron chi connectivity index (χ3n) is 15.5. The third-order valence-corrected chi connectivity index (χ3v) is 15.5. The van der Waals surface area contributed by atoms with E-state index in [0.717, 1.165) is 5.56 Å². The Morgan fingerprint density at radius 3 is 1.66 bits per heavy atom. The first-order chi connectivity index (χ1) is 42.5. The predicted molar refractivity (Wildman–Crippen MR) is 329 cm³/mol. The molecule has 0 aliphatic carbocycles. The Bertz CT molecular complexity index is 2630. The van der Waals surface area contributed by atoms with Crippen molar-refractivity contribution >= 4 is 82.8 Å². The molecule has 14 atom stereocenters. The van der Waals surface area contributed by atoms with Crippen LogP contribution in [0.4, 0.5) is 0 Å². The zero-order chi connectivity index (χ0) is 67.8. The average Bonchev–Trinajstić information content (AvgIpc) is 1.36. The molecule has 504 valence electrons. The number of benzene rings is 1. The topological polar surface area (TPSA) is 537 Å². The smallest absolute Gasteiger partial charge is 0.245 e. The molecule has 0 unspecified atom stereocenters. The lowest BCUT2D eigenvalue weighted by atomic mass is 9.94. The van der Waals surface area contributed by atoms with Crippen LogP contribution >= 0.6 is 0 Å². The summed E-state index contributed by atoms with van der Waals surface area (Å²) in [6.07, 6.45) is 0.278. The molecule has 1 heterocycles. The fourth-order valence-corrected chi connectivity index (χ4v) is 9.18. The number of nitrogens with one attached hydrogen (secondary N) is 11. The van der Waals surface area contributed by atoms with E-state index < -0.39 is 187 Å². The van der Waals surface area contributed by atoms with Gasteiger partial charge in [-0.25, -0.2) is 0 Å². The van der Waals surface area contributed by atoms with Gasteiger partial charge in [0.25, 0.3) is 0 Å². The zero-order valence-corrected chi connectivity index (χ0v) is 52.5. The Kier molecular flexibility index (Phi) is 34.6. The minimum Gasteiger partial charge on any atom is -0.394 e. The number of hydrogen-bond acceptors (Lipinski definition) is 17. The average molecular weight is 1270 g/mol. The largest absolute Gasteiger partial charge is 0.394 e. The lowest BCUT2D eigenvalue weighted by Crippen LogP contribution is -2.62. The third kappa shape index (κ3) is 27.1. The highest BCUT2D eigenvalue weighted by atomic mass is 16.3. The fourth-order valence-electron chi connectivity index (χ4n) is 9.18. The lowest BCUT2D eigenvalue weighted by Gasteiger charge is -2.31. The van der Waals surface area contributed by atoms with Crippen molar-refractivity contribution in [3.63, 3.8) is 0 Å². The summed E-state index contributed by atoms with van der Waals surface area (Å²) in [6.45, 7) is 9.50.